The van der Waals surface area contributed by atoms with Crippen LogP contribution in [0, 0.1) is 0 Å². The third-order valence-corrected chi connectivity index (χ3v) is 8.54. The number of likely N-dealkylation sites (tertiary alicyclic amines) is 1. The van der Waals surface area contributed by atoms with E-state index in [1.165, 1.54) is 30.5 Å². The number of hydrogen-bond acceptors (Lipinski definition) is 3. The lowest BCUT2D eigenvalue weighted by molar-refractivity contribution is -0.137. The summed E-state index contributed by atoms with van der Waals surface area (Å²) in [6.07, 6.45) is 1.41. The summed E-state index contributed by atoms with van der Waals surface area (Å²) in [7, 11) is 0. The molecule has 0 aliphatic carbocycles. The van der Waals surface area contributed by atoms with E-state index in [1.54, 1.807) is 16.7 Å². The number of benzene rings is 2. The number of halogens is 3. The molecule has 2 fully saturated rings. The van der Waals surface area contributed by atoms with E-state index in [-0.39, 0.29) is 17.4 Å². The van der Waals surface area contributed by atoms with Gasteiger partial charge in [0.25, 0.3) is 11.8 Å². The summed E-state index contributed by atoms with van der Waals surface area (Å²) in [4.78, 5) is 29.5. The first-order valence-electron chi connectivity index (χ1n) is 12.2. The second-order valence-corrected chi connectivity index (χ2v) is 10.7. The fourth-order valence-electron chi connectivity index (χ4n) is 4.90. The lowest BCUT2D eigenvalue weighted by Crippen LogP contribution is -2.53. The zero-order valence-electron chi connectivity index (χ0n) is 19.9. The van der Waals surface area contributed by atoms with Gasteiger partial charge < -0.3 is 9.80 Å². The summed E-state index contributed by atoms with van der Waals surface area (Å²) in [6.45, 7) is 3.82. The molecular formula is C27H31F3N2O2S. The Kier molecular flexibility index (Phi) is 7.79. The van der Waals surface area contributed by atoms with E-state index in [1.807, 2.05) is 29.2 Å². The van der Waals surface area contributed by atoms with Crippen LogP contribution in [0.4, 0.5) is 13.2 Å². The summed E-state index contributed by atoms with van der Waals surface area (Å²) >= 11 is 1.71. The van der Waals surface area contributed by atoms with Crippen molar-refractivity contribution in [2.24, 2.45) is 0 Å². The highest BCUT2D eigenvalue weighted by atomic mass is 32.2. The molecule has 2 aliphatic rings. The number of nitrogens with zero attached hydrogens (tertiary/aromatic N) is 2. The summed E-state index contributed by atoms with van der Waals surface area (Å²) in [5.74, 6) is 0.533. The fourth-order valence-corrected chi connectivity index (χ4v) is 6.36. The number of carbonyl (C=O) groups is 2. The molecule has 0 bridgehead atoms. The monoisotopic (exact) mass is 504 g/mol. The first-order chi connectivity index (χ1) is 16.7. The van der Waals surface area contributed by atoms with Crippen molar-refractivity contribution >= 4 is 23.6 Å². The first kappa shape index (κ1) is 25.6. The predicted molar refractivity (Wildman–Crippen MR) is 132 cm³/mol. The molecule has 0 N–H and O–H groups in total. The van der Waals surface area contributed by atoms with E-state index in [0.29, 0.717) is 38.0 Å². The van der Waals surface area contributed by atoms with Gasteiger partial charge in [0.2, 0.25) is 0 Å². The number of aryl methyl sites for hydroxylation is 1. The number of piperidine rings is 1. The van der Waals surface area contributed by atoms with Crippen molar-refractivity contribution in [3.8, 4) is 0 Å². The predicted octanol–water partition coefficient (Wildman–Crippen LogP) is 6.26. The summed E-state index contributed by atoms with van der Waals surface area (Å²) < 4.78 is 38.7. The number of hydrogen-bond donors (Lipinski definition) is 0. The van der Waals surface area contributed by atoms with Crippen molar-refractivity contribution in [2.45, 2.75) is 56.5 Å². The van der Waals surface area contributed by atoms with Gasteiger partial charge in [-0.15, -0.1) is 11.8 Å². The topological polar surface area (TPSA) is 40.6 Å². The van der Waals surface area contributed by atoms with Crippen molar-refractivity contribution in [1.82, 2.24) is 9.80 Å². The Bertz CT molecular complexity index is 1030. The Hall–Kier alpha value is -2.48. The molecule has 2 aliphatic heterocycles. The maximum atomic E-state index is 13.2. The average Bonchev–Trinajstić information content (AvgIpc) is 3.26. The minimum Gasteiger partial charge on any atom is -0.338 e. The number of amides is 2. The van der Waals surface area contributed by atoms with Gasteiger partial charge in [-0.25, -0.2) is 0 Å². The van der Waals surface area contributed by atoms with Gasteiger partial charge in [0.05, 0.1) is 10.4 Å². The Balaban J connectivity index is 1.38. The zero-order chi connectivity index (χ0) is 25.1. The smallest absolute Gasteiger partial charge is 0.338 e. The molecule has 2 heterocycles. The molecule has 2 aromatic rings. The Labute approximate surface area is 208 Å². The maximum absolute atomic E-state index is 13.2. The Morgan fingerprint density at radius 1 is 0.886 bits per heavy atom. The van der Waals surface area contributed by atoms with Gasteiger partial charge in [-0.05, 0) is 67.6 Å². The minimum atomic E-state index is -4.43. The highest BCUT2D eigenvalue weighted by Crippen LogP contribution is 2.45. The molecule has 4 rings (SSSR count). The van der Waals surface area contributed by atoms with E-state index < -0.39 is 16.6 Å². The minimum absolute atomic E-state index is 0.00331. The third-order valence-electron chi connectivity index (χ3n) is 6.98. The molecule has 0 radical (unpaired) electrons. The maximum Gasteiger partial charge on any atom is 0.416 e. The first-order valence-corrected chi connectivity index (χ1v) is 13.2. The highest BCUT2D eigenvalue weighted by molar-refractivity contribution is 8.00. The molecule has 188 valence electrons. The second-order valence-electron chi connectivity index (χ2n) is 9.27. The molecule has 35 heavy (non-hydrogen) atoms. The average molecular weight is 505 g/mol. The van der Waals surface area contributed by atoms with Crippen LogP contribution in [-0.4, -0.2) is 51.9 Å². The SMILES string of the molecule is CCCCCc1ccc(C(=O)N2CCC3(CC2)SCCN3C(=O)c2ccc(C(F)(F)F)cc2)cc1. The number of unbranched alkanes of at least 4 members (excludes halogenated alkanes) is 2. The van der Waals surface area contributed by atoms with Gasteiger partial charge in [0.15, 0.2) is 0 Å². The molecule has 0 saturated carbocycles. The number of carbonyl (C=O) groups excluding carboxylic acids is 2. The Morgan fingerprint density at radius 3 is 2.09 bits per heavy atom. The van der Waals surface area contributed by atoms with E-state index in [0.717, 1.165) is 30.7 Å². The van der Waals surface area contributed by atoms with Crippen molar-refractivity contribution in [3.63, 3.8) is 0 Å². The molecule has 1 spiro atoms. The molecule has 0 atom stereocenters. The highest BCUT2D eigenvalue weighted by Gasteiger charge is 2.47. The standard InChI is InChI=1S/C27H31F3N2O2S/c1-2-3-4-5-20-6-8-21(9-7-20)24(33)31-16-14-26(15-17-31)32(18-19-35-26)25(34)22-10-12-23(13-11-22)27(28,29)30/h6-13H,2-5,14-19H2,1H3. The zero-order valence-corrected chi connectivity index (χ0v) is 20.8. The van der Waals surface area contributed by atoms with Crippen LogP contribution in [0.2, 0.25) is 0 Å². The lowest BCUT2D eigenvalue weighted by atomic mass is 9.99. The normalized spacial score (nSPS) is 17.7. The molecule has 2 amide bonds. The molecule has 4 nitrogen and oxygen atoms in total. The summed E-state index contributed by atoms with van der Waals surface area (Å²) in [5, 5.41) is 0. The van der Waals surface area contributed by atoms with Crippen LogP contribution in [0.3, 0.4) is 0 Å². The van der Waals surface area contributed by atoms with E-state index in [2.05, 4.69) is 6.92 Å². The second kappa shape index (κ2) is 10.6. The van der Waals surface area contributed by atoms with Crippen LogP contribution in [0.25, 0.3) is 0 Å². The van der Waals surface area contributed by atoms with Gasteiger partial charge in [0.1, 0.15) is 0 Å². The lowest BCUT2D eigenvalue weighted by Gasteiger charge is -2.44. The molecular weight excluding hydrogens is 473 g/mol. The fraction of sp³-hybridized carbons (Fsp3) is 0.481. The van der Waals surface area contributed by atoms with Gasteiger partial charge in [-0.1, -0.05) is 31.9 Å². The van der Waals surface area contributed by atoms with Gasteiger partial charge in [-0.3, -0.25) is 9.59 Å². The quantitative estimate of drug-likeness (QED) is 0.436. The van der Waals surface area contributed by atoms with Crippen molar-refractivity contribution in [2.75, 3.05) is 25.4 Å². The van der Waals surface area contributed by atoms with Crippen LogP contribution in [0.5, 0.6) is 0 Å². The van der Waals surface area contributed by atoms with Crippen LogP contribution in [0.15, 0.2) is 48.5 Å². The van der Waals surface area contributed by atoms with Gasteiger partial charge in [-0.2, -0.15) is 13.2 Å². The third kappa shape index (κ3) is 5.68. The van der Waals surface area contributed by atoms with Crippen LogP contribution in [-0.2, 0) is 12.6 Å². The summed E-state index contributed by atoms with van der Waals surface area (Å²) in [5.41, 5.74) is 1.42. The molecule has 0 unspecified atom stereocenters. The molecule has 2 saturated heterocycles. The van der Waals surface area contributed by atoms with Crippen LogP contribution < -0.4 is 0 Å². The molecule has 8 heteroatoms. The molecule has 0 aromatic heterocycles. The number of thioether (sulfide) groups is 1. The van der Waals surface area contributed by atoms with Gasteiger partial charge in [0, 0.05) is 36.5 Å². The summed E-state index contributed by atoms with van der Waals surface area (Å²) in [6, 6.07) is 12.3. The van der Waals surface area contributed by atoms with Gasteiger partial charge >= 0.3 is 6.18 Å². The Morgan fingerprint density at radius 2 is 1.49 bits per heavy atom. The van der Waals surface area contributed by atoms with Crippen LogP contribution in [0.1, 0.15) is 70.9 Å². The van der Waals surface area contributed by atoms with Crippen molar-refractivity contribution in [3.05, 3.63) is 70.8 Å². The number of rotatable bonds is 6. The van der Waals surface area contributed by atoms with Crippen molar-refractivity contribution in [1.29, 1.82) is 0 Å². The van der Waals surface area contributed by atoms with Crippen molar-refractivity contribution < 1.29 is 22.8 Å². The molecule has 2 aromatic carbocycles. The van der Waals surface area contributed by atoms with Crippen LogP contribution >= 0.6 is 11.8 Å². The van der Waals surface area contributed by atoms with E-state index in [4.69, 9.17) is 0 Å². The van der Waals surface area contributed by atoms with E-state index >= 15 is 0 Å². The van der Waals surface area contributed by atoms with E-state index in [9.17, 15) is 22.8 Å². The largest absolute Gasteiger partial charge is 0.416 e. The number of alkyl halides is 3.